The van der Waals surface area contributed by atoms with Crippen molar-refractivity contribution in [3.8, 4) is 5.75 Å². The summed E-state index contributed by atoms with van der Waals surface area (Å²) in [4.78, 5) is 0. The van der Waals surface area contributed by atoms with Crippen LogP contribution in [-0.4, -0.2) is 13.7 Å². The summed E-state index contributed by atoms with van der Waals surface area (Å²) in [5, 5.41) is 3.66. The average Bonchev–Trinajstić information content (AvgIpc) is 2.82. The normalized spacial score (nSPS) is 25.1. The zero-order valence-corrected chi connectivity index (χ0v) is 11.8. The maximum absolute atomic E-state index is 5.34. The van der Waals surface area contributed by atoms with E-state index in [1.54, 1.807) is 7.11 Å². The number of ether oxygens (including phenoxy) is 1. The summed E-state index contributed by atoms with van der Waals surface area (Å²) in [5.41, 5.74) is 1.37. The zero-order valence-electron chi connectivity index (χ0n) is 11.8. The van der Waals surface area contributed by atoms with Crippen LogP contribution in [0.3, 0.4) is 0 Å². The molecule has 0 heterocycles. The van der Waals surface area contributed by atoms with E-state index in [0.29, 0.717) is 6.04 Å². The zero-order chi connectivity index (χ0) is 13.0. The lowest BCUT2D eigenvalue weighted by Crippen LogP contribution is -2.27. The van der Waals surface area contributed by atoms with E-state index in [2.05, 4.69) is 37.4 Å². The number of methoxy groups -OCH3 is 1. The predicted octanol–water partition coefficient (Wildman–Crippen LogP) is 3.78. The van der Waals surface area contributed by atoms with E-state index >= 15 is 0 Å². The summed E-state index contributed by atoms with van der Waals surface area (Å²) in [5.74, 6) is 2.61. The van der Waals surface area contributed by atoms with Crippen LogP contribution in [0.1, 0.15) is 44.7 Å². The number of nitrogens with one attached hydrogen (secondary N) is 1. The molecule has 1 aromatic carbocycles. The Morgan fingerprint density at radius 3 is 2.83 bits per heavy atom. The molecule has 0 aliphatic heterocycles. The van der Waals surface area contributed by atoms with E-state index in [1.165, 1.54) is 24.8 Å². The molecule has 0 aromatic heterocycles. The minimum atomic E-state index is 0.482. The van der Waals surface area contributed by atoms with Crippen LogP contribution in [0, 0.1) is 11.8 Å². The third kappa shape index (κ3) is 3.05. The van der Waals surface area contributed by atoms with Gasteiger partial charge in [0.05, 0.1) is 7.11 Å². The van der Waals surface area contributed by atoms with Crippen molar-refractivity contribution in [2.75, 3.05) is 13.7 Å². The highest BCUT2D eigenvalue weighted by Crippen LogP contribution is 2.39. The van der Waals surface area contributed by atoms with Crippen LogP contribution in [0.25, 0.3) is 0 Å². The number of hydrogen-bond acceptors (Lipinski definition) is 2. The third-order valence-corrected chi connectivity index (χ3v) is 4.08. The largest absolute Gasteiger partial charge is 0.497 e. The highest BCUT2D eigenvalue weighted by atomic mass is 16.5. The third-order valence-electron chi connectivity index (χ3n) is 4.08. The number of rotatable bonds is 5. The Kier molecular flexibility index (Phi) is 4.65. The maximum atomic E-state index is 5.34. The molecule has 1 saturated carbocycles. The minimum absolute atomic E-state index is 0.482. The first-order valence-electron chi connectivity index (χ1n) is 7.12. The average molecular weight is 247 g/mol. The van der Waals surface area contributed by atoms with Crippen molar-refractivity contribution in [3.63, 3.8) is 0 Å². The number of benzene rings is 1. The van der Waals surface area contributed by atoms with Crippen LogP contribution in [0.15, 0.2) is 24.3 Å². The Hall–Kier alpha value is -1.02. The Balaban J connectivity index is 2.17. The molecule has 0 saturated heterocycles. The van der Waals surface area contributed by atoms with Gasteiger partial charge in [0.1, 0.15) is 5.75 Å². The van der Waals surface area contributed by atoms with Crippen LogP contribution in [-0.2, 0) is 0 Å². The van der Waals surface area contributed by atoms with Gasteiger partial charge in [-0.2, -0.15) is 0 Å². The van der Waals surface area contributed by atoms with Gasteiger partial charge in [-0.05, 0) is 48.9 Å². The van der Waals surface area contributed by atoms with Crippen molar-refractivity contribution in [2.24, 2.45) is 11.8 Å². The lowest BCUT2D eigenvalue weighted by Gasteiger charge is -2.25. The maximum Gasteiger partial charge on any atom is 0.119 e. The molecule has 0 bridgehead atoms. The van der Waals surface area contributed by atoms with Crippen molar-refractivity contribution >= 4 is 0 Å². The summed E-state index contributed by atoms with van der Waals surface area (Å²) in [6.45, 7) is 5.58. The van der Waals surface area contributed by atoms with Crippen LogP contribution in [0.2, 0.25) is 0 Å². The molecule has 2 nitrogen and oxygen atoms in total. The monoisotopic (exact) mass is 247 g/mol. The van der Waals surface area contributed by atoms with E-state index in [-0.39, 0.29) is 0 Å². The van der Waals surface area contributed by atoms with Crippen molar-refractivity contribution in [3.05, 3.63) is 29.8 Å². The molecule has 1 aliphatic carbocycles. The van der Waals surface area contributed by atoms with Gasteiger partial charge in [0.2, 0.25) is 0 Å². The molecule has 3 unspecified atom stereocenters. The molecular weight excluding hydrogens is 222 g/mol. The van der Waals surface area contributed by atoms with Gasteiger partial charge in [0.15, 0.2) is 0 Å². The second-order valence-electron chi connectivity index (χ2n) is 5.49. The lowest BCUT2D eigenvalue weighted by atomic mass is 9.90. The first kappa shape index (κ1) is 13.4. The van der Waals surface area contributed by atoms with Gasteiger partial charge < -0.3 is 10.1 Å². The Bertz CT molecular complexity index is 377. The quantitative estimate of drug-likeness (QED) is 0.855. The number of hydrogen-bond donors (Lipinski definition) is 1. The highest BCUT2D eigenvalue weighted by Gasteiger charge is 2.29. The molecule has 1 aliphatic rings. The van der Waals surface area contributed by atoms with E-state index in [4.69, 9.17) is 4.74 Å². The SMILES string of the molecule is CCNC(c1cccc(OC)c1)C1CCC(C)C1. The van der Waals surface area contributed by atoms with Gasteiger partial charge in [0.25, 0.3) is 0 Å². The minimum Gasteiger partial charge on any atom is -0.497 e. The second kappa shape index (κ2) is 6.24. The summed E-state index contributed by atoms with van der Waals surface area (Å²) in [6.07, 6.45) is 4.06. The van der Waals surface area contributed by atoms with Gasteiger partial charge in [-0.15, -0.1) is 0 Å². The van der Waals surface area contributed by atoms with Gasteiger partial charge in [-0.25, -0.2) is 0 Å². The van der Waals surface area contributed by atoms with Gasteiger partial charge in [-0.3, -0.25) is 0 Å². The lowest BCUT2D eigenvalue weighted by molar-refractivity contribution is 0.362. The highest BCUT2D eigenvalue weighted by molar-refractivity contribution is 5.31. The summed E-state index contributed by atoms with van der Waals surface area (Å²) >= 11 is 0. The molecule has 0 spiro atoms. The van der Waals surface area contributed by atoms with Crippen LogP contribution >= 0.6 is 0 Å². The second-order valence-corrected chi connectivity index (χ2v) is 5.49. The molecule has 1 fully saturated rings. The van der Waals surface area contributed by atoms with Gasteiger partial charge >= 0.3 is 0 Å². The predicted molar refractivity (Wildman–Crippen MR) is 75.9 cm³/mol. The standard InChI is InChI=1S/C16H25NO/c1-4-17-16(14-9-8-12(2)10-14)13-6-5-7-15(11-13)18-3/h5-7,11-12,14,16-17H,4,8-10H2,1-3H3. The Morgan fingerprint density at radius 1 is 1.39 bits per heavy atom. The molecule has 3 atom stereocenters. The molecule has 1 N–H and O–H groups in total. The smallest absolute Gasteiger partial charge is 0.119 e. The molecule has 18 heavy (non-hydrogen) atoms. The van der Waals surface area contributed by atoms with Crippen LogP contribution in [0.4, 0.5) is 0 Å². The van der Waals surface area contributed by atoms with Crippen molar-refractivity contribution in [2.45, 2.75) is 39.2 Å². The van der Waals surface area contributed by atoms with Crippen LogP contribution < -0.4 is 10.1 Å². The van der Waals surface area contributed by atoms with E-state index in [0.717, 1.165) is 24.1 Å². The van der Waals surface area contributed by atoms with Crippen molar-refractivity contribution in [1.82, 2.24) is 5.32 Å². The Morgan fingerprint density at radius 2 is 2.22 bits per heavy atom. The molecular formula is C16H25NO. The first-order valence-corrected chi connectivity index (χ1v) is 7.12. The topological polar surface area (TPSA) is 21.3 Å². The fourth-order valence-electron chi connectivity index (χ4n) is 3.17. The Labute approximate surface area is 111 Å². The van der Waals surface area contributed by atoms with E-state index < -0.39 is 0 Å². The molecule has 0 radical (unpaired) electrons. The molecule has 0 amide bonds. The molecule has 1 aromatic rings. The fourth-order valence-corrected chi connectivity index (χ4v) is 3.17. The first-order chi connectivity index (χ1) is 8.74. The van der Waals surface area contributed by atoms with E-state index in [1.807, 2.05) is 6.07 Å². The fraction of sp³-hybridized carbons (Fsp3) is 0.625. The van der Waals surface area contributed by atoms with Gasteiger partial charge in [0, 0.05) is 6.04 Å². The summed E-state index contributed by atoms with van der Waals surface area (Å²) in [6, 6.07) is 8.99. The molecule has 2 rings (SSSR count). The van der Waals surface area contributed by atoms with Crippen molar-refractivity contribution < 1.29 is 4.74 Å². The van der Waals surface area contributed by atoms with Crippen LogP contribution in [0.5, 0.6) is 5.75 Å². The summed E-state index contributed by atoms with van der Waals surface area (Å²) < 4.78 is 5.34. The summed E-state index contributed by atoms with van der Waals surface area (Å²) in [7, 11) is 1.74. The molecule has 2 heteroatoms. The van der Waals surface area contributed by atoms with Crippen molar-refractivity contribution in [1.29, 1.82) is 0 Å². The van der Waals surface area contributed by atoms with E-state index in [9.17, 15) is 0 Å². The van der Waals surface area contributed by atoms with Gasteiger partial charge in [-0.1, -0.05) is 32.4 Å². The molecule has 100 valence electrons.